The molecule has 1 aromatic heterocycles. The molecule has 2 aromatic carbocycles. The van der Waals surface area contributed by atoms with Gasteiger partial charge in [-0.05, 0) is 55.0 Å². The first-order valence-corrected chi connectivity index (χ1v) is 10.7. The zero-order chi connectivity index (χ0) is 23.5. The molecule has 0 spiro atoms. The van der Waals surface area contributed by atoms with Crippen LogP contribution >= 0.6 is 11.6 Å². The smallest absolute Gasteiger partial charge is 0.296 e. The van der Waals surface area contributed by atoms with Crippen molar-refractivity contribution in [3.8, 4) is 11.5 Å². The maximum absolute atomic E-state index is 13.1. The van der Waals surface area contributed by atoms with Crippen LogP contribution in [0.25, 0.3) is 5.76 Å². The van der Waals surface area contributed by atoms with E-state index in [1.807, 2.05) is 0 Å². The number of aromatic hydroxyl groups is 1. The number of amides is 1. The van der Waals surface area contributed by atoms with Crippen LogP contribution in [0.4, 0.5) is 0 Å². The molecule has 1 atom stereocenters. The molecular weight excluding hydrogens is 444 g/mol. The summed E-state index contributed by atoms with van der Waals surface area (Å²) in [7, 11) is 0. The second kappa shape index (κ2) is 9.34. The zero-order valence-electron chi connectivity index (χ0n) is 17.7. The van der Waals surface area contributed by atoms with Gasteiger partial charge in [0.1, 0.15) is 17.3 Å². The predicted octanol–water partition coefficient (Wildman–Crippen LogP) is 4.46. The van der Waals surface area contributed by atoms with E-state index < -0.39 is 17.7 Å². The van der Waals surface area contributed by atoms with Crippen molar-refractivity contribution in [3.05, 3.63) is 94.3 Å². The van der Waals surface area contributed by atoms with Gasteiger partial charge >= 0.3 is 0 Å². The molecule has 7 nitrogen and oxygen atoms in total. The van der Waals surface area contributed by atoms with E-state index in [1.54, 1.807) is 55.6 Å². The van der Waals surface area contributed by atoms with Crippen LogP contribution in [0, 0.1) is 0 Å². The largest absolute Gasteiger partial charge is 0.508 e. The molecule has 2 heterocycles. The number of ether oxygens (including phenoxy) is 1. The Morgan fingerprint density at radius 1 is 1.12 bits per heavy atom. The monoisotopic (exact) mass is 464 g/mol. The van der Waals surface area contributed by atoms with Gasteiger partial charge in [0.05, 0.1) is 35.5 Å². The van der Waals surface area contributed by atoms with Gasteiger partial charge in [-0.1, -0.05) is 29.8 Å². The Labute approximate surface area is 195 Å². The quantitative estimate of drug-likeness (QED) is 0.317. The fraction of sp³-hybridized carbons (Fsp3) is 0.160. The molecule has 8 heteroatoms. The summed E-state index contributed by atoms with van der Waals surface area (Å²) in [6.45, 7) is 2.21. The van der Waals surface area contributed by atoms with Gasteiger partial charge < -0.3 is 19.8 Å². The Morgan fingerprint density at radius 2 is 1.94 bits per heavy atom. The van der Waals surface area contributed by atoms with Gasteiger partial charge in [-0.25, -0.2) is 0 Å². The summed E-state index contributed by atoms with van der Waals surface area (Å²) in [4.78, 5) is 31.8. The van der Waals surface area contributed by atoms with Crippen LogP contribution in [0.5, 0.6) is 11.5 Å². The Kier molecular flexibility index (Phi) is 6.33. The number of rotatable bonds is 6. The molecule has 0 radical (unpaired) electrons. The van der Waals surface area contributed by atoms with Gasteiger partial charge in [0, 0.05) is 11.8 Å². The highest BCUT2D eigenvalue weighted by atomic mass is 35.5. The average molecular weight is 465 g/mol. The van der Waals surface area contributed by atoms with E-state index in [0.29, 0.717) is 28.6 Å². The number of likely N-dealkylation sites (tertiary alicyclic amines) is 1. The number of aromatic nitrogens is 1. The number of hydrogen-bond donors (Lipinski definition) is 2. The summed E-state index contributed by atoms with van der Waals surface area (Å²) < 4.78 is 5.50. The number of Topliss-reactive ketones (excluding diaryl/α,β-unsaturated/α-hetero) is 1. The van der Waals surface area contributed by atoms with Crippen molar-refractivity contribution in [1.82, 2.24) is 9.88 Å². The van der Waals surface area contributed by atoms with Crippen LogP contribution in [0.15, 0.2) is 72.4 Å². The number of phenolic OH excluding ortho intramolecular Hbond substituents is 1. The highest BCUT2D eigenvalue weighted by Crippen LogP contribution is 2.41. The van der Waals surface area contributed by atoms with E-state index in [0.717, 1.165) is 0 Å². The van der Waals surface area contributed by atoms with E-state index in [9.17, 15) is 19.8 Å². The molecule has 33 heavy (non-hydrogen) atoms. The number of hydrogen-bond acceptors (Lipinski definition) is 6. The first kappa shape index (κ1) is 22.4. The SMILES string of the molecule is CCOc1cc(/C(O)=C2/C(=O)C(=O)N(Cc3ccccn3)C2c2cccc(O)c2)ccc1Cl. The van der Waals surface area contributed by atoms with Gasteiger partial charge in [-0.15, -0.1) is 0 Å². The van der Waals surface area contributed by atoms with Crippen molar-refractivity contribution >= 4 is 29.1 Å². The molecule has 1 saturated heterocycles. The normalized spacial score (nSPS) is 17.4. The third-order valence-electron chi connectivity index (χ3n) is 5.29. The van der Waals surface area contributed by atoms with E-state index in [-0.39, 0.29) is 29.2 Å². The Morgan fingerprint density at radius 3 is 2.64 bits per heavy atom. The summed E-state index contributed by atoms with van der Waals surface area (Å²) in [6, 6.07) is 15.2. The van der Waals surface area contributed by atoms with Crippen molar-refractivity contribution in [3.63, 3.8) is 0 Å². The molecule has 1 aliphatic rings. The second-order valence-corrected chi connectivity index (χ2v) is 7.83. The highest BCUT2D eigenvalue weighted by Gasteiger charge is 2.46. The Bertz CT molecular complexity index is 1240. The summed E-state index contributed by atoms with van der Waals surface area (Å²) >= 11 is 6.16. The Balaban J connectivity index is 1.87. The molecule has 0 bridgehead atoms. The predicted molar refractivity (Wildman–Crippen MR) is 123 cm³/mol. The number of phenols is 1. The number of carbonyl (C=O) groups excluding carboxylic acids is 2. The summed E-state index contributed by atoms with van der Waals surface area (Å²) in [5, 5.41) is 21.6. The standard InChI is InChI=1S/C25H21ClN2O5/c1-2-33-20-13-16(9-10-19(20)26)23(30)21-22(15-6-5-8-18(29)12-15)28(25(32)24(21)31)14-17-7-3-4-11-27-17/h3-13,22,29-30H,2,14H2,1H3/b23-21-. The van der Waals surface area contributed by atoms with Crippen LogP contribution in [0.2, 0.25) is 5.02 Å². The summed E-state index contributed by atoms with van der Waals surface area (Å²) in [6.07, 6.45) is 1.60. The summed E-state index contributed by atoms with van der Waals surface area (Å²) in [5.41, 5.74) is 1.25. The number of nitrogens with zero attached hydrogens (tertiary/aromatic N) is 2. The van der Waals surface area contributed by atoms with Gasteiger partial charge in [-0.2, -0.15) is 0 Å². The van der Waals surface area contributed by atoms with Crippen molar-refractivity contribution in [2.75, 3.05) is 6.61 Å². The molecule has 4 rings (SSSR count). The topological polar surface area (TPSA) is 100.0 Å². The molecule has 3 aromatic rings. The van der Waals surface area contributed by atoms with E-state index in [4.69, 9.17) is 16.3 Å². The summed E-state index contributed by atoms with van der Waals surface area (Å²) in [5.74, 6) is -1.64. The van der Waals surface area contributed by atoms with Crippen molar-refractivity contribution in [2.24, 2.45) is 0 Å². The minimum atomic E-state index is -0.926. The minimum absolute atomic E-state index is 0.0268. The number of pyridine rings is 1. The zero-order valence-corrected chi connectivity index (χ0v) is 18.5. The van der Waals surface area contributed by atoms with Gasteiger partial charge in [-0.3, -0.25) is 14.6 Å². The van der Waals surface area contributed by atoms with Crippen LogP contribution in [-0.2, 0) is 16.1 Å². The van der Waals surface area contributed by atoms with Crippen LogP contribution in [0.3, 0.4) is 0 Å². The lowest BCUT2D eigenvalue weighted by Gasteiger charge is -2.25. The third-order valence-corrected chi connectivity index (χ3v) is 5.60. The van der Waals surface area contributed by atoms with Crippen molar-refractivity contribution < 1.29 is 24.5 Å². The number of ketones is 1. The minimum Gasteiger partial charge on any atom is -0.508 e. The molecule has 0 saturated carbocycles. The van der Waals surface area contributed by atoms with Gasteiger partial charge in [0.2, 0.25) is 0 Å². The molecule has 1 amide bonds. The lowest BCUT2D eigenvalue weighted by molar-refractivity contribution is -0.140. The van der Waals surface area contributed by atoms with E-state index in [1.165, 1.54) is 23.1 Å². The van der Waals surface area contributed by atoms with Crippen molar-refractivity contribution in [2.45, 2.75) is 19.5 Å². The molecule has 168 valence electrons. The highest BCUT2D eigenvalue weighted by molar-refractivity contribution is 6.46. The fourth-order valence-electron chi connectivity index (χ4n) is 3.82. The number of carbonyl (C=O) groups is 2. The average Bonchev–Trinajstić information content (AvgIpc) is 3.06. The Hall–Kier alpha value is -3.84. The maximum atomic E-state index is 13.1. The van der Waals surface area contributed by atoms with Gasteiger partial charge in [0.25, 0.3) is 11.7 Å². The molecule has 1 unspecified atom stereocenters. The lowest BCUT2D eigenvalue weighted by atomic mass is 9.95. The van der Waals surface area contributed by atoms with Gasteiger partial charge in [0.15, 0.2) is 0 Å². The van der Waals surface area contributed by atoms with Crippen LogP contribution < -0.4 is 4.74 Å². The molecule has 2 N–H and O–H groups in total. The maximum Gasteiger partial charge on any atom is 0.296 e. The van der Waals surface area contributed by atoms with Crippen molar-refractivity contribution in [1.29, 1.82) is 0 Å². The number of aliphatic hydroxyl groups excluding tert-OH is 1. The molecule has 1 fully saturated rings. The lowest BCUT2D eigenvalue weighted by Crippen LogP contribution is -2.29. The van der Waals surface area contributed by atoms with E-state index in [2.05, 4.69) is 4.98 Å². The second-order valence-electron chi connectivity index (χ2n) is 7.42. The van der Waals surface area contributed by atoms with Crippen LogP contribution in [0.1, 0.15) is 29.8 Å². The van der Waals surface area contributed by atoms with E-state index >= 15 is 0 Å². The number of halogens is 1. The molecule has 0 aliphatic carbocycles. The number of aliphatic hydroxyl groups is 1. The molecule has 1 aliphatic heterocycles. The number of benzene rings is 2. The third kappa shape index (κ3) is 4.40. The first-order valence-electron chi connectivity index (χ1n) is 10.3. The first-order chi connectivity index (χ1) is 15.9. The molecular formula is C25H21ClN2O5. The fourth-order valence-corrected chi connectivity index (χ4v) is 4.00. The van der Waals surface area contributed by atoms with Crippen LogP contribution in [-0.4, -0.2) is 38.4 Å².